The molecule has 0 saturated carbocycles. The van der Waals surface area contributed by atoms with Crippen molar-refractivity contribution >= 4 is 21.6 Å². The second-order valence-corrected chi connectivity index (χ2v) is 8.62. The molecular formula is C20H23FN2O5S. The summed E-state index contributed by atoms with van der Waals surface area (Å²) in [5.74, 6) is 0.663. The van der Waals surface area contributed by atoms with Crippen LogP contribution < -0.4 is 19.1 Å². The molecule has 7 nitrogen and oxygen atoms in total. The summed E-state index contributed by atoms with van der Waals surface area (Å²) in [6, 6.07) is 12.5. The van der Waals surface area contributed by atoms with Crippen molar-refractivity contribution in [3.63, 3.8) is 0 Å². The monoisotopic (exact) mass is 422 g/mol. The zero-order valence-corrected chi connectivity index (χ0v) is 16.8. The van der Waals surface area contributed by atoms with Gasteiger partial charge >= 0.3 is 0 Å². The summed E-state index contributed by atoms with van der Waals surface area (Å²) in [5.41, 5.74) is 0.362. The number of nitrogens with one attached hydrogen (secondary N) is 1. The number of hydrogen-bond donors (Lipinski definition) is 1. The normalized spacial score (nSPS) is 15.6. The number of para-hydroxylation sites is 2. The number of fused-ring (bicyclic) bond motifs is 1. The van der Waals surface area contributed by atoms with Crippen molar-refractivity contribution in [2.24, 2.45) is 0 Å². The van der Waals surface area contributed by atoms with E-state index in [1.807, 2.05) is 18.2 Å². The van der Waals surface area contributed by atoms with Gasteiger partial charge in [0.05, 0.1) is 18.5 Å². The Morgan fingerprint density at radius 2 is 1.86 bits per heavy atom. The van der Waals surface area contributed by atoms with Gasteiger partial charge in [0.2, 0.25) is 15.9 Å². The van der Waals surface area contributed by atoms with Crippen molar-refractivity contribution < 1.29 is 27.1 Å². The topological polar surface area (TPSA) is 84.9 Å². The summed E-state index contributed by atoms with van der Waals surface area (Å²) < 4.78 is 49.7. The van der Waals surface area contributed by atoms with Gasteiger partial charge in [0.1, 0.15) is 18.5 Å². The number of rotatable bonds is 8. The van der Waals surface area contributed by atoms with E-state index in [-0.39, 0.29) is 25.0 Å². The maximum atomic E-state index is 13.1. The Hall–Kier alpha value is -2.81. The van der Waals surface area contributed by atoms with Crippen molar-refractivity contribution in [2.75, 3.05) is 30.3 Å². The quantitative estimate of drug-likeness (QED) is 0.706. The molecule has 1 aliphatic rings. The van der Waals surface area contributed by atoms with Crippen LogP contribution in [0, 0.1) is 5.82 Å². The van der Waals surface area contributed by atoms with Gasteiger partial charge in [-0.05, 0) is 42.8 Å². The van der Waals surface area contributed by atoms with E-state index in [2.05, 4.69) is 5.32 Å². The fourth-order valence-electron chi connectivity index (χ4n) is 2.96. The van der Waals surface area contributed by atoms with E-state index >= 15 is 0 Å². The fraction of sp³-hybridized carbons (Fsp3) is 0.350. The van der Waals surface area contributed by atoms with Crippen molar-refractivity contribution in [3.8, 4) is 11.5 Å². The molecule has 0 spiro atoms. The summed E-state index contributed by atoms with van der Waals surface area (Å²) in [6.07, 6.45) is 1.26. The maximum Gasteiger partial charge on any atom is 0.232 e. The number of carbonyl (C=O) groups excluding carboxylic acids is 1. The Kier molecular flexibility index (Phi) is 6.58. The number of benzene rings is 2. The molecule has 1 atom stereocenters. The zero-order chi connectivity index (χ0) is 20.9. The molecule has 1 aliphatic heterocycles. The smallest absolute Gasteiger partial charge is 0.232 e. The highest BCUT2D eigenvalue weighted by atomic mass is 32.2. The summed E-state index contributed by atoms with van der Waals surface area (Å²) in [4.78, 5) is 12.1. The van der Waals surface area contributed by atoms with Crippen LogP contribution in [0.3, 0.4) is 0 Å². The van der Waals surface area contributed by atoms with E-state index in [0.717, 1.165) is 10.6 Å². The number of carbonyl (C=O) groups is 1. The van der Waals surface area contributed by atoms with Gasteiger partial charge in [-0.1, -0.05) is 12.1 Å². The summed E-state index contributed by atoms with van der Waals surface area (Å²) in [7, 11) is -3.54. The molecule has 0 fully saturated rings. The Morgan fingerprint density at radius 1 is 1.17 bits per heavy atom. The molecule has 1 amide bonds. The number of halogens is 1. The van der Waals surface area contributed by atoms with Gasteiger partial charge in [0.15, 0.2) is 11.5 Å². The lowest BCUT2D eigenvalue weighted by atomic mass is 10.2. The first-order valence-corrected chi connectivity index (χ1v) is 11.1. The summed E-state index contributed by atoms with van der Waals surface area (Å²) in [6.45, 7) is 0.749. The van der Waals surface area contributed by atoms with E-state index in [1.165, 1.54) is 24.3 Å². The molecule has 0 radical (unpaired) electrons. The third-order valence-electron chi connectivity index (χ3n) is 4.37. The van der Waals surface area contributed by atoms with Crippen LogP contribution in [0.4, 0.5) is 10.1 Å². The second-order valence-electron chi connectivity index (χ2n) is 6.72. The summed E-state index contributed by atoms with van der Waals surface area (Å²) in [5, 5.41) is 2.78. The molecule has 0 aromatic heterocycles. The van der Waals surface area contributed by atoms with E-state index < -0.39 is 15.8 Å². The molecule has 2 aromatic carbocycles. The molecular weight excluding hydrogens is 399 g/mol. The van der Waals surface area contributed by atoms with Gasteiger partial charge in [-0.15, -0.1) is 0 Å². The highest BCUT2D eigenvalue weighted by molar-refractivity contribution is 7.92. The first-order chi connectivity index (χ1) is 13.8. The molecule has 0 aliphatic carbocycles. The van der Waals surface area contributed by atoms with Gasteiger partial charge in [0, 0.05) is 13.0 Å². The minimum Gasteiger partial charge on any atom is -0.486 e. The maximum absolute atomic E-state index is 13.1. The molecule has 0 unspecified atom stereocenters. The third kappa shape index (κ3) is 5.83. The van der Waals surface area contributed by atoms with E-state index in [0.29, 0.717) is 36.8 Å². The number of hydrogen-bond acceptors (Lipinski definition) is 5. The predicted octanol–water partition coefficient (Wildman–Crippen LogP) is 2.33. The Labute approximate surface area is 169 Å². The van der Waals surface area contributed by atoms with Crippen LogP contribution in [0.15, 0.2) is 48.5 Å². The zero-order valence-electron chi connectivity index (χ0n) is 16.0. The van der Waals surface area contributed by atoms with Gasteiger partial charge in [-0.2, -0.15) is 0 Å². The number of ether oxygens (including phenoxy) is 2. The SMILES string of the molecule is CS(=O)(=O)N(CCCC(=O)NC[C@@H]1COc2ccccc2O1)c1ccc(F)cc1. The van der Waals surface area contributed by atoms with Crippen LogP contribution in [0.2, 0.25) is 0 Å². The molecule has 1 heterocycles. The highest BCUT2D eigenvalue weighted by Crippen LogP contribution is 2.30. The van der Waals surface area contributed by atoms with Crippen molar-refractivity contribution in [1.82, 2.24) is 5.32 Å². The summed E-state index contributed by atoms with van der Waals surface area (Å²) >= 11 is 0. The molecule has 1 N–H and O–H groups in total. The lowest BCUT2D eigenvalue weighted by molar-refractivity contribution is -0.121. The minimum absolute atomic E-state index is 0.119. The fourth-order valence-corrected chi connectivity index (χ4v) is 3.92. The van der Waals surface area contributed by atoms with Crippen molar-refractivity contribution in [3.05, 3.63) is 54.3 Å². The number of nitrogens with zero attached hydrogens (tertiary/aromatic N) is 1. The van der Waals surface area contributed by atoms with Crippen LogP contribution in [0.5, 0.6) is 11.5 Å². The van der Waals surface area contributed by atoms with Gasteiger partial charge < -0.3 is 14.8 Å². The molecule has 29 heavy (non-hydrogen) atoms. The Bertz CT molecular complexity index is 950. The molecule has 0 saturated heterocycles. The van der Waals surface area contributed by atoms with Crippen LogP contribution >= 0.6 is 0 Å². The van der Waals surface area contributed by atoms with Gasteiger partial charge in [0.25, 0.3) is 0 Å². The molecule has 3 rings (SSSR count). The highest BCUT2D eigenvalue weighted by Gasteiger charge is 2.21. The van der Waals surface area contributed by atoms with E-state index in [4.69, 9.17) is 9.47 Å². The number of anilines is 1. The molecule has 2 aromatic rings. The molecule has 0 bridgehead atoms. The number of sulfonamides is 1. The lowest BCUT2D eigenvalue weighted by Crippen LogP contribution is -2.41. The first kappa shape index (κ1) is 20.9. The Morgan fingerprint density at radius 3 is 2.55 bits per heavy atom. The minimum atomic E-state index is -3.54. The number of amides is 1. The molecule has 156 valence electrons. The lowest BCUT2D eigenvalue weighted by Gasteiger charge is -2.26. The van der Waals surface area contributed by atoms with Crippen LogP contribution in [0.25, 0.3) is 0 Å². The van der Waals surface area contributed by atoms with Crippen LogP contribution in [0.1, 0.15) is 12.8 Å². The van der Waals surface area contributed by atoms with Crippen molar-refractivity contribution in [1.29, 1.82) is 0 Å². The average Bonchev–Trinajstić information content (AvgIpc) is 2.69. The average molecular weight is 422 g/mol. The van der Waals surface area contributed by atoms with E-state index in [1.54, 1.807) is 6.07 Å². The molecule has 9 heteroatoms. The van der Waals surface area contributed by atoms with Gasteiger partial charge in [-0.25, -0.2) is 12.8 Å². The third-order valence-corrected chi connectivity index (χ3v) is 5.57. The largest absolute Gasteiger partial charge is 0.486 e. The van der Waals surface area contributed by atoms with Crippen LogP contribution in [-0.4, -0.2) is 46.4 Å². The predicted molar refractivity (Wildman–Crippen MR) is 107 cm³/mol. The van der Waals surface area contributed by atoms with E-state index in [9.17, 15) is 17.6 Å². The Balaban J connectivity index is 1.45. The van der Waals surface area contributed by atoms with Crippen molar-refractivity contribution in [2.45, 2.75) is 18.9 Å². The first-order valence-electron chi connectivity index (χ1n) is 9.21. The van der Waals surface area contributed by atoms with Crippen LogP contribution in [-0.2, 0) is 14.8 Å². The van der Waals surface area contributed by atoms with Gasteiger partial charge in [-0.3, -0.25) is 9.10 Å². The second kappa shape index (κ2) is 9.13. The standard InChI is InChI=1S/C20H23FN2O5S/c1-29(25,26)23(16-10-8-15(21)9-11-16)12-4-7-20(24)22-13-17-14-27-18-5-2-3-6-19(18)28-17/h2-3,5-6,8-11,17H,4,7,12-14H2,1H3,(H,22,24)/t17-/m1/s1.